The van der Waals surface area contributed by atoms with Crippen LogP contribution in [0.3, 0.4) is 0 Å². The Morgan fingerprint density at radius 3 is 2.07 bits per heavy atom. The Bertz CT molecular complexity index is 763. The summed E-state index contributed by atoms with van der Waals surface area (Å²) in [5.74, 6) is -2.94. The van der Waals surface area contributed by atoms with Gasteiger partial charge in [0.15, 0.2) is 11.5 Å². The quantitative estimate of drug-likeness (QED) is 0.205. The van der Waals surface area contributed by atoms with E-state index in [0.717, 1.165) is 0 Å². The van der Waals surface area contributed by atoms with Gasteiger partial charge in [-0.25, -0.2) is 15.6 Å². The molecule has 0 aliphatic heterocycles. The standard InChI is InChI=1S/C19H28N4O7/c1-5-20-23(21-6-2)11-18(26)22-15(19(27)28)9-14-7-8-16(29-12(3)24)17(10-14)30-13(4)25/h7-8,10,15,20-21H,5-6,9,11H2,1-4H3,(H,22,26)(H,27,28)/t15-/m0/s1. The first-order valence-electron chi connectivity index (χ1n) is 9.42. The number of hydrogen-bond acceptors (Lipinski definition) is 9. The maximum atomic E-state index is 12.3. The number of carboxylic acid groups (broad SMARTS) is 1. The van der Waals surface area contributed by atoms with E-state index < -0.39 is 29.9 Å². The lowest BCUT2D eigenvalue weighted by atomic mass is 10.1. The summed E-state index contributed by atoms with van der Waals surface area (Å²) in [6.07, 6.45) is -0.0713. The zero-order valence-corrected chi connectivity index (χ0v) is 17.5. The van der Waals surface area contributed by atoms with E-state index in [1.807, 2.05) is 13.8 Å². The molecule has 0 aromatic heterocycles. The van der Waals surface area contributed by atoms with Crippen LogP contribution in [-0.4, -0.2) is 59.7 Å². The van der Waals surface area contributed by atoms with E-state index in [2.05, 4.69) is 16.2 Å². The fourth-order valence-corrected chi connectivity index (χ4v) is 2.52. The van der Waals surface area contributed by atoms with Gasteiger partial charge in [0.1, 0.15) is 12.6 Å². The second-order valence-corrected chi connectivity index (χ2v) is 6.24. The third kappa shape index (κ3) is 8.99. The summed E-state index contributed by atoms with van der Waals surface area (Å²) >= 11 is 0. The predicted octanol–water partition coefficient (Wildman–Crippen LogP) is 0.000100. The van der Waals surface area contributed by atoms with Crippen LogP contribution in [0, 0.1) is 0 Å². The van der Waals surface area contributed by atoms with Crippen molar-refractivity contribution in [1.29, 1.82) is 0 Å². The Balaban J connectivity index is 2.94. The minimum Gasteiger partial charge on any atom is -0.480 e. The van der Waals surface area contributed by atoms with Crippen LogP contribution >= 0.6 is 0 Å². The van der Waals surface area contributed by atoms with Gasteiger partial charge in [0, 0.05) is 33.4 Å². The summed E-state index contributed by atoms with van der Waals surface area (Å²) in [6, 6.07) is 3.10. The molecule has 0 aliphatic carbocycles. The topological polar surface area (TPSA) is 146 Å². The molecule has 0 heterocycles. The zero-order chi connectivity index (χ0) is 22.7. The Hall–Kier alpha value is -3.02. The number of carbonyl (C=O) groups excluding carboxylic acids is 3. The molecule has 1 rings (SSSR count). The summed E-state index contributed by atoms with van der Waals surface area (Å²) in [5, 5.41) is 13.4. The van der Waals surface area contributed by atoms with Gasteiger partial charge in [0.2, 0.25) is 5.91 Å². The molecule has 30 heavy (non-hydrogen) atoms. The number of benzene rings is 1. The number of aliphatic carboxylic acids is 1. The van der Waals surface area contributed by atoms with Crippen molar-refractivity contribution >= 4 is 23.8 Å². The number of nitrogens with zero attached hydrogens (tertiary/aromatic N) is 1. The number of hydrazine groups is 2. The molecule has 166 valence electrons. The molecule has 0 saturated heterocycles. The van der Waals surface area contributed by atoms with Crippen LogP contribution in [0.4, 0.5) is 0 Å². The van der Waals surface area contributed by atoms with Crippen LogP contribution < -0.4 is 25.6 Å². The van der Waals surface area contributed by atoms with Crippen molar-refractivity contribution in [3.63, 3.8) is 0 Å². The maximum absolute atomic E-state index is 12.3. The highest BCUT2D eigenvalue weighted by Gasteiger charge is 2.23. The SMILES string of the molecule is CCNN(CC(=O)N[C@@H](Cc1ccc(OC(C)=O)c(OC(C)=O)c1)C(=O)O)NCC. The predicted molar refractivity (Wildman–Crippen MR) is 106 cm³/mol. The van der Waals surface area contributed by atoms with Crippen LogP contribution in [0.1, 0.15) is 33.3 Å². The Kier molecular flexibility index (Phi) is 10.4. The van der Waals surface area contributed by atoms with E-state index in [-0.39, 0.29) is 24.5 Å². The van der Waals surface area contributed by atoms with Gasteiger partial charge >= 0.3 is 17.9 Å². The lowest BCUT2D eigenvalue weighted by Crippen LogP contribution is -2.54. The molecule has 4 N–H and O–H groups in total. The van der Waals surface area contributed by atoms with Gasteiger partial charge in [-0.05, 0) is 17.7 Å². The molecular formula is C19H28N4O7. The third-order valence-corrected chi connectivity index (χ3v) is 3.59. The van der Waals surface area contributed by atoms with E-state index in [0.29, 0.717) is 18.7 Å². The van der Waals surface area contributed by atoms with Gasteiger partial charge in [0.05, 0.1) is 0 Å². The Morgan fingerprint density at radius 1 is 1.00 bits per heavy atom. The molecule has 0 radical (unpaired) electrons. The number of carboxylic acids is 1. The van der Waals surface area contributed by atoms with E-state index in [4.69, 9.17) is 9.47 Å². The first kappa shape index (κ1) is 25.0. The number of amides is 1. The van der Waals surface area contributed by atoms with Crippen LogP contribution in [0.15, 0.2) is 18.2 Å². The minimum absolute atomic E-state index is 0.0175. The first-order valence-corrected chi connectivity index (χ1v) is 9.42. The number of hydrogen-bond donors (Lipinski definition) is 4. The van der Waals surface area contributed by atoms with Crippen molar-refractivity contribution in [3.8, 4) is 11.5 Å². The second kappa shape index (κ2) is 12.5. The number of rotatable bonds is 12. The van der Waals surface area contributed by atoms with E-state index in [9.17, 15) is 24.3 Å². The van der Waals surface area contributed by atoms with Crippen molar-refractivity contribution in [2.24, 2.45) is 0 Å². The summed E-state index contributed by atoms with van der Waals surface area (Å²) in [5.41, 5.74) is 6.34. The zero-order valence-electron chi connectivity index (χ0n) is 17.5. The van der Waals surface area contributed by atoms with Gasteiger partial charge in [0.25, 0.3) is 0 Å². The van der Waals surface area contributed by atoms with Gasteiger partial charge in [-0.3, -0.25) is 14.4 Å². The van der Waals surface area contributed by atoms with Crippen LogP contribution in [0.25, 0.3) is 0 Å². The summed E-state index contributed by atoms with van der Waals surface area (Å²) < 4.78 is 10.0. The lowest BCUT2D eigenvalue weighted by Gasteiger charge is -2.23. The Morgan fingerprint density at radius 2 is 1.57 bits per heavy atom. The Labute approximate surface area is 174 Å². The summed E-state index contributed by atoms with van der Waals surface area (Å²) in [4.78, 5) is 46.4. The smallest absolute Gasteiger partial charge is 0.326 e. The normalized spacial score (nSPS) is 11.6. The van der Waals surface area contributed by atoms with Crippen LogP contribution in [0.2, 0.25) is 0 Å². The second-order valence-electron chi connectivity index (χ2n) is 6.24. The number of nitrogens with one attached hydrogen (secondary N) is 3. The highest BCUT2D eigenvalue weighted by atomic mass is 16.6. The average Bonchev–Trinajstić information content (AvgIpc) is 2.62. The van der Waals surface area contributed by atoms with Crippen molar-refractivity contribution in [1.82, 2.24) is 21.3 Å². The van der Waals surface area contributed by atoms with Crippen molar-refractivity contribution in [3.05, 3.63) is 23.8 Å². The monoisotopic (exact) mass is 424 g/mol. The van der Waals surface area contributed by atoms with Gasteiger partial charge < -0.3 is 19.9 Å². The highest BCUT2D eigenvalue weighted by Crippen LogP contribution is 2.29. The minimum atomic E-state index is -1.22. The molecule has 11 nitrogen and oxygen atoms in total. The summed E-state index contributed by atoms with van der Waals surface area (Å²) in [6.45, 7) is 7.17. The molecule has 1 aromatic carbocycles. The van der Waals surface area contributed by atoms with E-state index in [1.165, 1.54) is 37.2 Å². The fourth-order valence-electron chi connectivity index (χ4n) is 2.52. The first-order chi connectivity index (χ1) is 14.2. The summed E-state index contributed by atoms with van der Waals surface area (Å²) in [7, 11) is 0. The molecule has 0 unspecified atom stereocenters. The van der Waals surface area contributed by atoms with Gasteiger partial charge in [-0.2, -0.15) is 5.12 Å². The molecule has 1 aromatic rings. The molecule has 11 heteroatoms. The maximum Gasteiger partial charge on any atom is 0.326 e. The van der Waals surface area contributed by atoms with Crippen molar-refractivity contribution in [2.45, 2.75) is 40.2 Å². The van der Waals surface area contributed by atoms with Gasteiger partial charge in [-0.15, -0.1) is 0 Å². The van der Waals surface area contributed by atoms with Gasteiger partial charge in [-0.1, -0.05) is 19.9 Å². The molecule has 0 fully saturated rings. The highest BCUT2D eigenvalue weighted by molar-refractivity contribution is 5.85. The molecule has 0 saturated carbocycles. The van der Waals surface area contributed by atoms with Crippen LogP contribution in [0.5, 0.6) is 11.5 Å². The van der Waals surface area contributed by atoms with Crippen molar-refractivity contribution in [2.75, 3.05) is 19.6 Å². The molecule has 0 spiro atoms. The van der Waals surface area contributed by atoms with E-state index >= 15 is 0 Å². The lowest BCUT2D eigenvalue weighted by molar-refractivity contribution is -0.142. The van der Waals surface area contributed by atoms with Crippen LogP contribution in [-0.2, 0) is 25.6 Å². The molecule has 0 bridgehead atoms. The molecule has 1 amide bonds. The number of ether oxygens (including phenoxy) is 2. The van der Waals surface area contributed by atoms with Crippen molar-refractivity contribution < 1.29 is 33.8 Å². The molecule has 1 atom stereocenters. The molecule has 0 aliphatic rings. The average molecular weight is 424 g/mol. The van der Waals surface area contributed by atoms with E-state index in [1.54, 1.807) is 0 Å². The third-order valence-electron chi connectivity index (χ3n) is 3.59. The number of esters is 2. The largest absolute Gasteiger partial charge is 0.480 e. The fraction of sp³-hybridized carbons (Fsp3) is 0.474. The number of carbonyl (C=O) groups is 4. The molecular weight excluding hydrogens is 396 g/mol.